The predicted molar refractivity (Wildman–Crippen MR) is 72.2 cm³/mol. The second-order valence-electron chi connectivity index (χ2n) is 5.09. The van der Waals surface area contributed by atoms with Crippen LogP contribution in [0.15, 0.2) is 0 Å². The van der Waals surface area contributed by atoms with Gasteiger partial charge in [0, 0.05) is 45.3 Å². The number of hydrogen-bond donors (Lipinski definition) is 1. The van der Waals surface area contributed by atoms with Crippen molar-refractivity contribution < 1.29 is 4.74 Å². The molecule has 0 spiro atoms. The lowest BCUT2D eigenvalue weighted by Crippen LogP contribution is -2.52. The van der Waals surface area contributed by atoms with Crippen molar-refractivity contribution >= 4 is 0 Å². The van der Waals surface area contributed by atoms with Gasteiger partial charge in [-0.05, 0) is 20.3 Å². The lowest BCUT2D eigenvalue weighted by molar-refractivity contribution is 0.0378. The Hall–Kier alpha value is -0.160. The van der Waals surface area contributed by atoms with E-state index in [1.165, 1.54) is 0 Å². The molecule has 0 aliphatic carbocycles. The van der Waals surface area contributed by atoms with Crippen LogP contribution >= 0.6 is 0 Å². The Kier molecular flexibility index (Phi) is 7.04. The van der Waals surface area contributed by atoms with Gasteiger partial charge in [-0.15, -0.1) is 0 Å². The number of piperazine rings is 1. The molecule has 17 heavy (non-hydrogen) atoms. The summed E-state index contributed by atoms with van der Waals surface area (Å²) in [6, 6.07) is 0.573. The van der Waals surface area contributed by atoms with Crippen molar-refractivity contribution in [1.29, 1.82) is 0 Å². The van der Waals surface area contributed by atoms with Gasteiger partial charge in [-0.25, -0.2) is 0 Å². The highest BCUT2D eigenvalue weighted by atomic mass is 16.5. The van der Waals surface area contributed by atoms with Crippen LogP contribution in [0.2, 0.25) is 0 Å². The van der Waals surface area contributed by atoms with E-state index < -0.39 is 0 Å². The lowest BCUT2D eigenvalue weighted by Gasteiger charge is -2.38. The van der Waals surface area contributed by atoms with Crippen molar-refractivity contribution in [3.63, 3.8) is 0 Å². The highest BCUT2D eigenvalue weighted by Gasteiger charge is 2.21. The minimum Gasteiger partial charge on any atom is -0.377 e. The molecule has 0 aromatic heterocycles. The molecule has 0 amide bonds. The molecule has 4 heteroatoms. The van der Waals surface area contributed by atoms with Crippen molar-refractivity contribution in [3.8, 4) is 0 Å². The average Bonchev–Trinajstić information content (AvgIpc) is 2.32. The van der Waals surface area contributed by atoms with Crippen LogP contribution in [-0.2, 0) is 4.74 Å². The van der Waals surface area contributed by atoms with E-state index >= 15 is 0 Å². The molecule has 0 aromatic carbocycles. The van der Waals surface area contributed by atoms with Gasteiger partial charge in [0.05, 0.1) is 12.7 Å². The molecule has 102 valence electrons. The van der Waals surface area contributed by atoms with E-state index in [2.05, 4.69) is 30.6 Å². The van der Waals surface area contributed by atoms with E-state index in [9.17, 15) is 0 Å². The zero-order chi connectivity index (χ0) is 12.7. The summed E-state index contributed by atoms with van der Waals surface area (Å²) in [7, 11) is 0. The predicted octanol–water partition coefficient (Wildman–Crippen LogP) is 0.766. The van der Waals surface area contributed by atoms with Gasteiger partial charge in [0.15, 0.2) is 0 Å². The first kappa shape index (κ1) is 14.9. The third-order valence-corrected chi connectivity index (χ3v) is 3.53. The maximum Gasteiger partial charge on any atom is 0.0596 e. The van der Waals surface area contributed by atoms with Crippen LogP contribution in [0.4, 0.5) is 0 Å². The fourth-order valence-electron chi connectivity index (χ4n) is 2.34. The number of nitrogens with zero attached hydrogens (tertiary/aromatic N) is 2. The number of rotatable bonds is 7. The van der Waals surface area contributed by atoms with E-state index in [1.54, 1.807) is 0 Å². The van der Waals surface area contributed by atoms with Gasteiger partial charge in [-0.2, -0.15) is 0 Å². The number of hydrogen-bond acceptors (Lipinski definition) is 4. The minimum absolute atomic E-state index is 0.345. The fourth-order valence-corrected chi connectivity index (χ4v) is 2.34. The minimum atomic E-state index is 0.345. The number of nitrogens with two attached hydrogens (primary N) is 1. The molecule has 1 aliphatic rings. The van der Waals surface area contributed by atoms with Gasteiger partial charge in [0.25, 0.3) is 0 Å². The zero-order valence-electron chi connectivity index (χ0n) is 11.7. The van der Waals surface area contributed by atoms with Crippen LogP contribution in [0.5, 0.6) is 0 Å². The summed E-state index contributed by atoms with van der Waals surface area (Å²) in [5.74, 6) is 0. The summed E-state index contributed by atoms with van der Waals surface area (Å²) in [5.41, 5.74) is 5.79. The molecule has 1 atom stereocenters. The quantitative estimate of drug-likeness (QED) is 0.717. The molecule has 0 aromatic rings. The third kappa shape index (κ3) is 5.34. The van der Waals surface area contributed by atoms with Gasteiger partial charge in [-0.3, -0.25) is 9.80 Å². The van der Waals surface area contributed by atoms with Crippen LogP contribution in [0.3, 0.4) is 0 Å². The van der Waals surface area contributed by atoms with Crippen molar-refractivity contribution in [2.75, 3.05) is 45.9 Å². The second kappa shape index (κ2) is 8.03. The Morgan fingerprint density at radius 2 is 1.82 bits per heavy atom. The maximum absolute atomic E-state index is 5.79. The highest BCUT2D eigenvalue weighted by molar-refractivity contribution is 4.78. The third-order valence-electron chi connectivity index (χ3n) is 3.53. The van der Waals surface area contributed by atoms with Crippen molar-refractivity contribution in [2.24, 2.45) is 5.73 Å². The first-order valence-corrected chi connectivity index (χ1v) is 6.95. The summed E-state index contributed by atoms with van der Waals surface area (Å²) < 4.78 is 5.59. The van der Waals surface area contributed by atoms with Crippen molar-refractivity contribution in [1.82, 2.24) is 9.80 Å². The van der Waals surface area contributed by atoms with E-state index in [1.807, 2.05) is 0 Å². The van der Waals surface area contributed by atoms with Crippen molar-refractivity contribution in [2.45, 2.75) is 39.3 Å². The van der Waals surface area contributed by atoms with E-state index in [-0.39, 0.29) is 0 Å². The Morgan fingerprint density at radius 1 is 1.18 bits per heavy atom. The van der Waals surface area contributed by atoms with Gasteiger partial charge < -0.3 is 10.5 Å². The molecule has 1 fully saturated rings. The van der Waals surface area contributed by atoms with Crippen LogP contribution in [-0.4, -0.2) is 67.8 Å². The molecular formula is C13H29N3O. The average molecular weight is 243 g/mol. The largest absolute Gasteiger partial charge is 0.377 e. The molecule has 1 rings (SSSR count). The summed E-state index contributed by atoms with van der Waals surface area (Å²) in [5, 5.41) is 0. The van der Waals surface area contributed by atoms with Crippen LogP contribution < -0.4 is 5.73 Å². The van der Waals surface area contributed by atoms with E-state index in [0.717, 1.165) is 52.3 Å². The molecule has 1 unspecified atom stereocenters. The monoisotopic (exact) mass is 243 g/mol. The highest BCUT2D eigenvalue weighted by Crippen LogP contribution is 2.08. The molecule has 0 radical (unpaired) electrons. The summed E-state index contributed by atoms with van der Waals surface area (Å²) >= 11 is 0. The topological polar surface area (TPSA) is 41.7 Å². The van der Waals surface area contributed by atoms with E-state index in [0.29, 0.717) is 12.1 Å². The van der Waals surface area contributed by atoms with Crippen LogP contribution in [0.1, 0.15) is 27.2 Å². The summed E-state index contributed by atoms with van der Waals surface area (Å²) in [4.78, 5) is 5.02. The molecular weight excluding hydrogens is 214 g/mol. The molecule has 4 nitrogen and oxygen atoms in total. The molecule has 2 N–H and O–H groups in total. The maximum atomic E-state index is 5.79. The Balaban J connectivity index is 2.17. The van der Waals surface area contributed by atoms with Gasteiger partial charge in [-0.1, -0.05) is 6.92 Å². The van der Waals surface area contributed by atoms with Gasteiger partial charge in [0.2, 0.25) is 0 Å². The SMILES string of the molecule is CCC(CN)N1CCN(CCOC(C)C)CC1. The first-order chi connectivity index (χ1) is 8.17. The molecule has 1 saturated heterocycles. The second-order valence-corrected chi connectivity index (χ2v) is 5.09. The molecule has 0 bridgehead atoms. The Labute approximate surface area is 106 Å². The molecule has 1 aliphatic heterocycles. The molecule has 1 heterocycles. The van der Waals surface area contributed by atoms with Crippen LogP contribution in [0.25, 0.3) is 0 Å². The van der Waals surface area contributed by atoms with Gasteiger partial charge in [0.1, 0.15) is 0 Å². The Bertz CT molecular complexity index is 187. The van der Waals surface area contributed by atoms with Crippen molar-refractivity contribution in [3.05, 3.63) is 0 Å². The number of ether oxygens (including phenoxy) is 1. The fraction of sp³-hybridized carbons (Fsp3) is 1.00. The zero-order valence-corrected chi connectivity index (χ0v) is 11.7. The van der Waals surface area contributed by atoms with E-state index in [4.69, 9.17) is 10.5 Å². The Morgan fingerprint density at radius 3 is 2.29 bits per heavy atom. The summed E-state index contributed by atoms with van der Waals surface area (Å²) in [6.45, 7) is 13.7. The molecule has 0 saturated carbocycles. The summed E-state index contributed by atoms with van der Waals surface area (Å²) in [6.07, 6.45) is 1.51. The first-order valence-electron chi connectivity index (χ1n) is 6.95. The van der Waals surface area contributed by atoms with Gasteiger partial charge >= 0.3 is 0 Å². The van der Waals surface area contributed by atoms with Crippen LogP contribution in [0, 0.1) is 0 Å². The standard InChI is InChI=1S/C13H29N3O/c1-4-13(11-14)16-7-5-15(6-8-16)9-10-17-12(2)3/h12-13H,4-11,14H2,1-3H3. The normalized spacial score (nSPS) is 21.0. The smallest absolute Gasteiger partial charge is 0.0596 e. The lowest BCUT2D eigenvalue weighted by atomic mass is 10.1.